The number of alkyl carbamates (subject to hydrolysis) is 1. The lowest BCUT2D eigenvalue weighted by Gasteiger charge is -2.18. The number of nitrogens with zero attached hydrogens (tertiary/aromatic N) is 2. The molecule has 0 unspecified atom stereocenters. The number of aromatic carboxylic acids is 1. The van der Waals surface area contributed by atoms with Gasteiger partial charge in [0, 0.05) is 19.0 Å². The molecule has 9 heteroatoms. The fourth-order valence-corrected chi connectivity index (χ4v) is 4.33. The van der Waals surface area contributed by atoms with Crippen LogP contribution < -0.4 is 10.6 Å². The molecule has 0 aliphatic heterocycles. The molecule has 2 amide bonds. The molecule has 0 radical (unpaired) electrons. The molecule has 9 nitrogen and oxygen atoms in total. The fourth-order valence-electron chi connectivity index (χ4n) is 4.33. The summed E-state index contributed by atoms with van der Waals surface area (Å²) < 4.78 is 6.71. The Kier molecular flexibility index (Phi) is 4.88. The van der Waals surface area contributed by atoms with Gasteiger partial charge in [-0.15, -0.1) is 0 Å². The van der Waals surface area contributed by atoms with E-state index in [1.165, 1.54) is 13.1 Å². The van der Waals surface area contributed by atoms with E-state index in [1.807, 2.05) is 36.4 Å². The SMILES string of the molecule is Cn1nc(NC(=O)C2(NC(=O)OCC3c4ccccc4-c4ccccc43)CC2)cc1C(=O)O. The molecule has 2 aliphatic rings. The molecule has 0 atom stereocenters. The summed E-state index contributed by atoms with van der Waals surface area (Å²) in [7, 11) is 1.47. The maximum Gasteiger partial charge on any atom is 0.408 e. The molecular formula is C24H22N4O5. The fraction of sp³-hybridized carbons (Fsp3) is 0.250. The Morgan fingerprint density at radius 1 is 1.09 bits per heavy atom. The number of fused-ring (bicyclic) bond motifs is 3. The number of aryl methyl sites for hydroxylation is 1. The molecule has 1 aromatic heterocycles. The van der Waals surface area contributed by atoms with Crippen molar-refractivity contribution in [3.8, 4) is 11.1 Å². The lowest BCUT2D eigenvalue weighted by atomic mass is 9.98. The Labute approximate surface area is 189 Å². The summed E-state index contributed by atoms with van der Waals surface area (Å²) in [5.41, 5.74) is 3.35. The first-order valence-corrected chi connectivity index (χ1v) is 10.6. The van der Waals surface area contributed by atoms with E-state index in [2.05, 4.69) is 27.9 Å². The molecule has 2 aliphatic carbocycles. The third-order valence-electron chi connectivity index (χ3n) is 6.21. The van der Waals surface area contributed by atoms with Crippen molar-refractivity contribution in [3.63, 3.8) is 0 Å². The summed E-state index contributed by atoms with van der Waals surface area (Å²) in [5.74, 6) is -1.56. The van der Waals surface area contributed by atoms with Gasteiger partial charge in [0.05, 0.1) is 0 Å². The summed E-state index contributed by atoms with van der Waals surface area (Å²) >= 11 is 0. The topological polar surface area (TPSA) is 123 Å². The highest BCUT2D eigenvalue weighted by molar-refractivity contribution is 6.02. The molecule has 3 N–H and O–H groups in total. The van der Waals surface area contributed by atoms with E-state index in [4.69, 9.17) is 9.84 Å². The highest BCUT2D eigenvalue weighted by Crippen LogP contribution is 2.44. The number of benzene rings is 2. The van der Waals surface area contributed by atoms with Crippen molar-refractivity contribution in [2.75, 3.05) is 11.9 Å². The van der Waals surface area contributed by atoms with E-state index < -0.39 is 23.5 Å². The van der Waals surface area contributed by atoms with Crippen molar-refractivity contribution in [1.82, 2.24) is 15.1 Å². The van der Waals surface area contributed by atoms with Crippen molar-refractivity contribution < 1.29 is 24.2 Å². The van der Waals surface area contributed by atoms with Crippen molar-refractivity contribution in [2.45, 2.75) is 24.3 Å². The predicted octanol–water partition coefficient (Wildman–Crippen LogP) is 3.13. The van der Waals surface area contributed by atoms with Crippen LogP contribution in [0.15, 0.2) is 54.6 Å². The van der Waals surface area contributed by atoms with Gasteiger partial charge in [-0.25, -0.2) is 9.59 Å². The molecule has 1 heterocycles. The first-order chi connectivity index (χ1) is 15.9. The van der Waals surface area contributed by atoms with Crippen molar-refractivity contribution in [3.05, 3.63) is 71.4 Å². The maximum absolute atomic E-state index is 12.7. The molecule has 33 heavy (non-hydrogen) atoms. The van der Waals surface area contributed by atoms with Crippen LogP contribution in [0.25, 0.3) is 11.1 Å². The number of carbonyl (C=O) groups is 3. The average molecular weight is 446 g/mol. The number of nitrogens with one attached hydrogen (secondary N) is 2. The van der Waals surface area contributed by atoms with Gasteiger partial charge >= 0.3 is 12.1 Å². The highest BCUT2D eigenvalue weighted by Gasteiger charge is 2.52. The summed E-state index contributed by atoms with van der Waals surface area (Å²) in [4.78, 5) is 36.5. The minimum atomic E-state index is -1.15. The summed E-state index contributed by atoms with van der Waals surface area (Å²) in [6.07, 6.45) is 0.250. The number of amides is 2. The van der Waals surface area contributed by atoms with Gasteiger partial charge < -0.3 is 20.5 Å². The normalized spacial score (nSPS) is 15.3. The first kappa shape index (κ1) is 20.7. The van der Waals surface area contributed by atoms with Crippen LogP contribution >= 0.6 is 0 Å². The molecule has 1 saturated carbocycles. The maximum atomic E-state index is 12.7. The van der Waals surface area contributed by atoms with Crippen LogP contribution in [0, 0.1) is 0 Å². The van der Waals surface area contributed by atoms with Gasteiger partial charge in [0.25, 0.3) is 5.91 Å². The van der Waals surface area contributed by atoms with Gasteiger partial charge in [-0.3, -0.25) is 9.48 Å². The number of carboxylic acid groups (broad SMARTS) is 1. The number of anilines is 1. The van der Waals surface area contributed by atoms with Crippen LogP contribution in [0.5, 0.6) is 0 Å². The van der Waals surface area contributed by atoms with Crippen molar-refractivity contribution in [2.24, 2.45) is 7.05 Å². The van der Waals surface area contributed by atoms with E-state index in [9.17, 15) is 14.4 Å². The van der Waals surface area contributed by atoms with E-state index in [0.29, 0.717) is 12.8 Å². The number of ether oxygens (including phenoxy) is 1. The molecule has 0 saturated heterocycles. The highest BCUT2D eigenvalue weighted by atomic mass is 16.5. The second kappa shape index (κ2) is 7.77. The monoisotopic (exact) mass is 446 g/mol. The number of hydrogen-bond acceptors (Lipinski definition) is 5. The van der Waals surface area contributed by atoms with Gasteiger partial charge in [-0.2, -0.15) is 5.10 Å². The van der Waals surface area contributed by atoms with Gasteiger partial charge in [0.1, 0.15) is 17.8 Å². The van der Waals surface area contributed by atoms with Crippen LogP contribution in [0.1, 0.15) is 40.4 Å². The van der Waals surface area contributed by atoms with E-state index in [1.54, 1.807) is 0 Å². The number of rotatable bonds is 6. The van der Waals surface area contributed by atoms with Gasteiger partial charge in [-0.1, -0.05) is 48.5 Å². The van der Waals surface area contributed by atoms with Crippen LogP contribution in [0.4, 0.5) is 10.6 Å². The van der Waals surface area contributed by atoms with Crippen molar-refractivity contribution >= 4 is 23.8 Å². The Hall–Kier alpha value is -4.14. The molecule has 2 aromatic carbocycles. The Bertz CT molecular complexity index is 1230. The van der Waals surface area contributed by atoms with Crippen LogP contribution in [-0.4, -0.2) is 45.0 Å². The molecule has 0 bridgehead atoms. The lowest BCUT2D eigenvalue weighted by molar-refractivity contribution is -0.119. The summed E-state index contributed by atoms with van der Waals surface area (Å²) in [5, 5.41) is 18.4. The van der Waals surface area contributed by atoms with E-state index in [-0.39, 0.29) is 24.0 Å². The largest absolute Gasteiger partial charge is 0.477 e. The van der Waals surface area contributed by atoms with E-state index in [0.717, 1.165) is 26.9 Å². The molecular weight excluding hydrogens is 424 g/mol. The predicted molar refractivity (Wildman–Crippen MR) is 119 cm³/mol. The second-order valence-corrected chi connectivity index (χ2v) is 8.33. The van der Waals surface area contributed by atoms with Crippen LogP contribution in [0.3, 0.4) is 0 Å². The van der Waals surface area contributed by atoms with Crippen LogP contribution in [0.2, 0.25) is 0 Å². The third-order valence-corrected chi connectivity index (χ3v) is 6.21. The molecule has 168 valence electrons. The minimum absolute atomic E-state index is 0.0559. The first-order valence-electron chi connectivity index (χ1n) is 10.6. The Balaban J connectivity index is 1.23. The number of carboxylic acids is 1. The van der Waals surface area contributed by atoms with Gasteiger partial charge in [-0.05, 0) is 35.1 Å². The number of hydrogen-bond donors (Lipinski definition) is 3. The van der Waals surface area contributed by atoms with Gasteiger partial charge in [0.2, 0.25) is 0 Å². The average Bonchev–Trinajstić information content (AvgIpc) is 3.38. The summed E-state index contributed by atoms with van der Waals surface area (Å²) in [6.45, 7) is 0.153. The minimum Gasteiger partial charge on any atom is -0.477 e. The Morgan fingerprint density at radius 3 is 2.24 bits per heavy atom. The third kappa shape index (κ3) is 3.71. The molecule has 0 spiro atoms. The summed E-state index contributed by atoms with van der Waals surface area (Å²) in [6, 6.07) is 17.4. The van der Waals surface area contributed by atoms with Gasteiger partial charge in [0.15, 0.2) is 5.82 Å². The van der Waals surface area contributed by atoms with E-state index >= 15 is 0 Å². The standard InChI is InChI=1S/C24H22N4O5/c1-28-19(21(29)30)12-20(27-28)25-22(31)24(10-11-24)26-23(32)33-13-18-16-8-4-2-6-14(16)15-7-3-5-9-17(15)18/h2-9,12,18H,10-11,13H2,1H3,(H,26,32)(H,29,30)(H,25,27,31). The Morgan fingerprint density at radius 2 is 1.70 bits per heavy atom. The number of carbonyl (C=O) groups excluding carboxylic acids is 2. The zero-order valence-corrected chi connectivity index (χ0v) is 17.9. The second-order valence-electron chi connectivity index (χ2n) is 8.33. The molecule has 1 fully saturated rings. The zero-order chi connectivity index (χ0) is 23.2. The quantitative estimate of drug-likeness (QED) is 0.535. The smallest absolute Gasteiger partial charge is 0.408 e. The van der Waals surface area contributed by atoms with Crippen LogP contribution in [-0.2, 0) is 16.6 Å². The molecule has 5 rings (SSSR count). The lowest BCUT2D eigenvalue weighted by Crippen LogP contribution is -2.46. The number of aromatic nitrogens is 2. The molecule has 3 aromatic rings. The zero-order valence-electron chi connectivity index (χ0n) is 17.9. The van der Waals surface area contributed by atoms with Crippen molar-refractivity contribution in [1.29, 1.82) is 0 Å².